The van der Waals surface area contributed by atoms with E-state index >= 15 is 0 Å². The fourth-order valence-electron chi connectivity index (χ4n) is 3.98. The van der Waals surface area contributed by atoms with E-state index in [1.165, 1.54) is 24.2 Å². The van der Waals surface area contributed by atoms with Gasteiger partial charge in [0.05, 0.1) is 4.88 Å². The number of rotatable bonds is 5. The monoisotopic (exact) mass is 361 g/mol. The second-order valence-electron chi connectivity index (χ2n) is 7.59. The molecule has 2 saturated heterocycles. The predicted molar refractivity (Wildman–Crippen MR) is 98.7 cm³/mol. The number of hydrogen-bond donors (Lipinski definition) is 1. The molecule has 1 aromatic heterocycles. The highest BCUT2D eigenvalue weighted by atomic mass is 32.1. The molecule has 1 saturated carbocycles. The van der Waals surface area contributed by atoms with Crippen LogP contribution in [0.25, 0.3) is 0 Å². The summed E-state index contributed by atoms with van der Waals surface area (Å²) in [5.74, 6) is 1.07. The van der Waals surface area contributed by atoms with Crippen molar-refractivity contribution in [2.24, 2.45) is 5.92 Å². The number of likely N-dealkylation sites (tertiary alicyclic amines) is 2. The van der Waals surface area contributed by atoms with Crippen LogP contribution in [0.2, 0.25) is 0 Å². The van der Waals surface area contributed by atoms with Gasteiger partial charge in [-0.3, -0.25) is 9.59 Å². The molecule has 136 valence electrons. The zero-order valence-corrected chi connectivity index (χ0v) is 15.5. The van der Waals surface area contributed by atoms with E-state index in [-0.39, 0.29) is 17.9 Å². The van der Waals surface area contributed by atoms with Gasteiger partial charge in [-0.1, -0.05) is 6.07 Å². The second-order valence-corrected chi connectivity index (χ2v) is 8.53. The summed E-state index contributed by atoms with van der Waals surface area (Å²) in [5.41, 5.74) is 0. The van der Waals surface area contributed by atoms with Crippen LogP contribution in [-0.2, 0) is 4.79 Å². The van der Waals surface area contributed by atoms with Crippen LogP contribution in [-0.4, -0.2) is 59.9 Å². The van der Waals surface area contributed by atoms with Crippen LogP contribution < -0.4 is 5.32 Å². The van der Waals surface area contributed by atoms with Gasteiger partial charge in [0.1, 0.15) is 6.04 Å². The molecule has 1 unspecified atom stereocenters. The van der Waals surface area contributed by atoms with Crippen LogP contribution in [0.15, 0.2) is 17.5 Å². The molecule has 5 nitrogen and oxygen atoms in total. The molecule has 3 heterocycles. The molecule has 0 radical (unpaired) electrons. The van der Waals surface area contributed by atoms with Crippen molar-refractivity contribution < 1.29 is 9.59 Å². The molecule has 0 aromatic carbocycles. The Balaban J connectivity index is 1.31. The van der Waals surface area contributed by atoms with Crippen molar-refractivity contribution in [2.75, 3.05) is 26.2 Å². The van der Waals surface area contributed by atoms with Gasteiger partial charge in [0.15, 0.2) is 0 Å². The lowest BCUT2D eigenvalue weighted by molar-refractivity contribution is -0.136. The summed E-state index contributed by atoms with van der Waals surface area (Å²) < 4.78 is 0. The highest BCUT2D eigenvalue weighted by molar-refractivity contribution is 7.12. The number of carbonyl (C=O) groups is 2. The molecule has 6 heteroatoms. The third-order valence-electron chi connectivity index (χ3n) is 5.73. The molecule has 0 bridgehead atoms. The topological polar surface area (TPSA) is 52.7 Å². The minimum Gasteiger partial charge on any atom is -0.341 e. The largest absolute Gasteiger partial charge is 0.341 e. The van der Waals surface area contributed by atoms with Gasteiger partial charge in [0.25, 0.3) is 5.91 Å². The third kappa shape index (κ3) is 3.90. The van der Waals surface area contributed by atoms with Crippen molar-refractivity contribution >= 4 is 23.2 Å². The summed E-state index contributed by atoms with van der Waals surface area (Å²) in [6, 6.07) is 4.04. The van der Waals surface area contributed by atoms with Crippen molar-refractivity contribution in [3.8, 4) is 0 Å². The van der Waals surface area contributed by atoms with Gasteiger partial charge in [-0.05, 0) is 62.4 Å². The standard InChI is InChI=1S/C19H27N3O2S/c23-18(21-10-7-15(8-11-21)20-13-14-5-6-14)16-3-1-9-22(16)19(24)17-4-2-12-25-17/h2,4,12,14-16,20H,1,3,5-11,13H2. The van der Waals surface area contributed by atoms with E-state index in [1.807, 2.05) is 22.4 Å². The average Bonchev–Trinajstić information content (AvgIpc) is 3.12. The predicted octanol–water partition coefficient (Wildman–Crippen LogP) is 2.34. The minimum absolute atomic E-state index is 0.0202. The zero-order valence-electron chi connectivity index (χ0n) is 14.7. The summed E-state index contributed by atoms with van der Waals surface area (Å²) in [6.45, 7) is 3.48. The number of hydrogen-bond acceptors (Lipinski definition) is 4. The zero-order chi connectivity index (χ0) is 17.2. The van der Waals surface area contributed by atoms with Crippen molar-refractivity contribution in [2.45, 2.75) is 50.6 Å². The Hall–Kier alpha value is -1.40. The van der Waals surface area contributed by atoms with Crippen LogP contribution in [0, 0.1) is 5.92 Å². The first-order chi connectivity index (χ1) is 12.2. The first kappa shape index (κ1) is 17.0. The molecule has 1 aliphatic carbocycles. The summed E-state index contributed by atoms with van der Waals surface area (Å²) in [5, 5.41) is 5.57. The number of amides is 2. The van der Waals surface area contributed by atoms with Gasteiger partial charge in [0, 0.05) is 25.7 Å². The first-order valence-corrected chi connectivity index (χ1v) is 10.5. The van der Waals surface area contributed by atoms with E-state index in [2.05, 4.69) is 5.32 Å². The molecule has 1 atom stereocenters. The molecular weight excluding hydrogens is 334 g/mol. The fraction of sp³-hybridized carbons (Fsp3) is 0.684. The van der Waals surface area contributed by atoms with Gasteiger partial charge in [0.2, 0.25) is 5.91 Å². The van der Waals surface area contributed by atoms with Gasteiger partial charge < -0.3 is 15.1 Å². The van der Waals surface area contributed by atoms with Crippen molar-refractivity contribution in [3.63, 3.8) is 0 Å². The van der Waals surface area contributed by atoms with Crippen LogP contribution in [0.3, 0.4) is 0 Å². The highest BCUT2D eigenvalue weighted by Gasteiger charge is 2.38. The molecule has 25 heavy (non-hydrogen) atoms. The maximum absolute atomic E-state index is 13.0. The van der Waals surface area contributed by atoms with E-state index in [1.54, 1.807) is 4.90 Å². The number of carbonyl (C=O) groups excluding carboxylic acids is 2. The molecule has 2 aliphatic heterocycles. The fourth-order valence-corrected chi connectivity index (χ4v) is 4.66. The summed E-state index contributed by atoms with van der Waals surface area (Å²) in [4.78, 5) is 30.2. The first-order valence-electron chi connectivity index (χ1n) is 9.59. The second kappa shape index (κ2) is 7.46. The van der Waals surface area contributed by atoms with Gasteiger partial charge in [-0.15, -0.1) is 11.3 Å². The van der Waals surface area contributed by atoms with Gasteiger partial charge in [-0.25, -0.2) is 0 Å². The third-order valence-corrected chi connectivity index (χ3v) is 6.59. The minimum atomic E-state index is -0.259. The average molecular weight is 362 g/mol. The van der Waals surface area contributed by atoms with Crippen molar-refractivity contribution in [1.82, 2.24) is 15.1 Å². The number of nitrogens with zero attached hydrogens (tertiary/aromatic N) is 2. The number of piperidine rings is 1. The smallest absolute Gasteiger partial charge is 0.264 e. The summed E-state index contributed by atoms with van der Waals surface area (Å²) >= 11 is 1.46. The maximum atomic E-state index is 13.0. The quantitative estimate of drug-likeness (QED) is 0.876. The lowest BCUT2D eigenvalue weighted by atomic mass is 10.0. The van der Waals surface area contributed by atoms with E-state index in [9.17, 15) is 9.59 Å². The Morgan fingerprint density at radius 1 is 1.12 bits per heavy atom. The molecular formula is C19H27N3O2S. The Kier molecular flexibility index (Phi) is 5.08. The molecule has 1 aromatic rings. The molecule has 1 N–H and O–H groups in total. The highest BCUT2D eigenvalue weighted by Crippen LogP contribution is 2.28. The SMILES string of the molecule is O=C(C1CCCN1C(=O)c1cccs1)N1CCC(NCC2CC2)CC1. The van der Waals surface area contributed by atoms with Crippen LogP contribution in [0.4, 0.5) is 0 Å². The molecule has 4 rings (SSSR count). The van der Waals surface area contributed by atoms with Crippen LogP contribution in [0.5, 0.6) is 0 Å². The van der Waals surface area contributed by atoms with Gasteiger partial charge >= 0.3 is 0 Å². The van der Waals surface area contributed by atoms with E-state index in [0.717, 1.165) is 56.1 Å². The lowest BCUT2D eigenvalue weighted by Crippen LogP contribution is -2.52. The molecule has 3 fully saturated rings. The Bertz CT molecular complexity index is 606. The Morgan fingerprint density at radius 2 is 1.92 bits per heavy atom. The summed E-state index contributed by atoms with van der Waals surface area (Å²) in [7, 11) is 0. The van der Waals surface area contributed by atoms with Crippen LogP contribution in [0.1, 0.15) is 48.2 Å². The Labute approximate surface area is 153 Å². The van der Waals surface area contributed by atoms with E-state index < -0.39 is 0 Å². The van der Waals surface area contributed by atoms with Crippen LogP contribution >= 0.6 is 11.3 Å². The maximum Gasteiger partial charge on any atom is 0.264 e. The van der Waals surface area contributed by atoms with Crippen molar-refractivity contribution in [1.29, 1.82) is 0 Å². The van der Waals surface area contributed by atoms with E-state index in [0.29, 0.717) is 12.6 Å². The van der Waals surface area contributed by atoms with Crippen molar-refractivity contribution in [3.05, 3.63) is 22.4 Å². The van der Waals surface area contributed by atoms with Gasteiger partial charge in [-0.2, -0.15) is 0 Å². The molecule has 2 amide bonds. The van der Waals surface area contributed by atoms with E-state index in [4.69, 9.17) is 0 Å². The lowest BCUT2D eigenvalue weighted by Gasteiger charge is -2.35. The molecule has 0 spiro atoms. The number of thiophene rings is 1. The Morgan fingerprint density at radius 3 is 2.60 bits per heavy atom. The number of nitrogens with one attached hydrogen (secondary N) is 1. The normalized spacial score (nSPS) is 24.7. The summed E-state index contributed by atoms with van der Waals surface area (Å²) in [6.07, 6.45) is 6.54. The molecule has 3 aliphatic rings.